The molecule has 0 aliphatic carbocycles. The van der Waals surface area contributed by atoms with Crippen molar-refractivity contribution in [3.8, 4) is 5.75 Å². The number of carbonyl (C=O) groups is 1. The Bertz CT molecular complexity index is 625. The van der Waals surface area contributed by atoms with E-state index in [1.165, 1.54) is 12.1 Å². The predicted octanol–water partition coefficient (Wildman–Crippen LogP) is 4.89. The second kappa shape index (κ2) is 6.37. The fraction of sp³-hybridized carbons (Fsp3) is 0.133. The molecule has 2 rings (SSSR count). The Morgan fingerprint density at radius 3 is 2.70 bits per heavy atom. The van der Waals surface area contributed by atoms with Crippen molar-refractivity contribution in [2.24, 2.45) is 0 Å². The molecule has 0 amide bonds. The highest BCUT2D eigenvalue weighted by Gasteiger charge is 2.17. The molecule has 0 heterocycles. The average Bonchev–Trinajstić information content (AvgIpc) is 2.36. The molecule has 0 saturated carbocycles. The van der Waals surface area contributed by atoms with Crippen LogP contribution < -0.4 is 4.74 Å². The quantitative estimate of drug-likeness (QED) is 0.728. The van der Waals surface area contributed by atoms with Gasteiger partial charge in [0.25, 0.3) is 0 Å². The van der Waals surface area contributed by atoms with Gasteiger partial charge < -0.3 is 4.74 Å². The lowest BCUT2D eigenvalue weighted by molar-refractivity contribution is 0.0817. The molecule has 1 atom stereocenters. The summed E-state index contributed by atoms with van der Waals surface area (Å²) < 4.78 is 19.3. The molecule has 0 fully saturated rings. The number of hydrogen-bond donors (Lipinski definition) is 0. The summed E-state index contributed by atoms with van der Waals surface area (Å²) >= 11 is 9.02. The van der Waals surface area contributed by atoms with E-state index in [1.807, 2.05) is 0 Å². The smallest absolute Gasteiger partial charge is 0.203 e. The van der Waals surface area contributed by atoms with Gasteiger partial charge in [0.2, 0.25) is 5.78 Å². The molecule has 2 nitrogen and oxygen atoms in total. The van der Waals surface area contributed by atoms with E-state index in [-0.39, 0.29) is 5.78 Å². The summed E-state index contributed by atoms with van der Waals surface area (Å²) in [6, 6.07) is 10.8. The fourth-order valence-electron chi connectivity index (χ4n) is 1.73. The minimum atomic E-state index is -0.734. The van der Waals surface area contributed by atoms with Crippen LogP contribution in [0.2, 0.25) is 5.02 Å². The van der Waals surface area contributed by atoms with Crippen molar-refractivity contribution in [3.05, 3.63) is 63.3 Å². The third-order valence-corrected chi connectivity index (χ3v) is 3.32. The number of halogens is 3. The van der Waals surface area contributed by atoms with Crippen LogP contribution in [0.4, 0.5) is 4.39 Å². The number of carbonyl (C=O) groups excluding carboxylic acids is 1. The molecular weight excluding hydrogens is 347 g/mol. The van der Waals surface area contributed by atoms with E-state index in [0.717, 1.165) is 0 Å². The van der Waals surface area contributed by atoms with E-state index < -0.39 is 11.9 Å². The van der Waals surface area contributed by atoms with Gasteiger partial charge in [-0.3, -0.25) is 4.79 Å². The van der Waals surface area contributed by atoms with Crippen LogP contribution in [-0.2, 0) is 0 Å². The SMILES string of the molecule is CC(Oc1cc(F)cc(Br)c1)C(=O)c1cccc(Cl)c1. The number of Topliss-reactive ketones (excluding diaryl/α,β-unsaturated/α-hetero) is 1. The van der Waals surface area contributed by atoms with Gasteiger partial charge in [-0.25, -0.2) is 4.39 Å². The van der Waals surface area contributed by atoms with E-state index in [1.54, 1.807) is 37.3 Å². The Kier molecular flexibility index (Phi) is 4.78. The maximum absolute atomic E-state index is 13.2. The summed E-state index contributed by atoms with van der Waals surface area (Å²) in [5, 5.41) is 0.483. The van der Waals surface area contributed by atoms with Gasteiger partial charge >= 0.3 is 0 Å². The largest absolute Gasteiger partial charge is 0.482 e. The van der Waals surface area contributed by atoms with Crippen LogP contribution in [0.1, 0.15) is 17.3 Å². The number of rotatable bonds is 4. The number of benzene rings is 2. The van der Waals surface area contributed by atoms with Crippen molar-refractivity contribution in [2.45, 2.75) is 13.0 Å². The molecule has 0 N–H and O–H groups in total. The van der Waals surface area contributed by atoms with E-state index in [4.69, 9.17) is 16.3 Å². The molecule has 0 spiro atoms. The zero-order valence-electron chi connectivity index (χ0n) is 10.6. The topological polar surface area (TPSA) is 26.3 Å². The van der Waals surface area contributed by atoms with Crippen LogP contribution in [-0.4, -0.2) is 11.9 Å². The minimum absolute atomic E-state index is 0.215. The van der Waals surface area contributed by atoms with Gasteiger partial charge in [0, 0.05) is 21.1 Å². The van der Waals surface area contributed by atoms with Crippen molar-refractivity contribution in [1.29, 1.82) is 0 Å². The third-order valence-electron chi connectivity index (χ3n) is 2.63. The summed E-state index contributed by atoms with van der Waals surface area (Å²) in [7, 11) is 0. The summed E-state index contributed by atoms with van der Waals surface area (Å²) in [6.07, 6.45) is -0.734. The molecule has 0 bridgehead atoms. The van der Waals surface area contributed by atoms with E-state index in [2.05, 4.69) is 15.9 Å². The molecule has 0 aliphatic rings. The summed E-state index contributed by atoms with van der Waals surface area (Å²) in [4.78, 5) is 12.2. The first-order chi connectivity index (χ1) is 9.45. The highest BCUT2D eigenvalue weighted by Crippen LogP contribution is 2.22. The predicted molar refractivity (Wildman–Crippen MR) is 80.0 cm³/mol. The monoisotopic (exact) mass is 356 g/mol. The van der Waals surface area contributed by atoms with Gasteiger partial charge in [-0.1, -0.05) is 39.7 Å². The maximum atomic E-state index is 13.2. The second-order valence-corrected chi connectivity index (χ2v) is 5.59. The van der Waals surface area contributed by atoms with Crippen LogP contribution in [0.15, 0.2) is 46.9 Å². The molecule has 20 heavy (non-hydrogen) atoms. The summed E-state index contributed by atoms with van der Waals surface area (Å²) in [5.74, 6) is -0.357. The van der Waals surface area contributed by atoms with Crippen LogP contribution in [0.3, 0.4) is 0 Å². The Balaban J connectivity index is 2.15. The van der Waals surface area contributed by atoms with Crippen molar-refractivity contribution in [3.63, 3.8) is 0 Å². The van der Waals surface area contributed by atoms with Crippen molar-refractivity contribution in [1.82, 2.24) is 0 Å². The molecular formula is C15H11BrClFO2. The molecule has 0 radical (unpaired) electrons. The van der Waals surface area contributed by atoms with E-state index >= 15 is 0 Å². The molecule has 0 aromatic heterocycles. The van der Waals surface area contributed by atoms with Crippen LogP contribution >= 0.6 is 27.5 Å². The first-order valence-corrected chi connectivity index (χ1v) is 7.05. The first kappa shape index (κ1) is 15.0. The highest BCUT2D eigenvalue weighted by molar-refractivity contribution is 9.10. The van der Waals surface area contributed by atoms with Crippen molar-refractivity contribution < 1.29 is 13.9 Å². The number of ketones is 1. The fourth-order valence-corrected chi connectivity index (χ4v) is 2.37. The van der Waals surface area contributed by atoms with Crippen molar-refractivity contribution in [2.75, 3.05) is 0 Å². The normalized spacial score (nSPS) is 12.0. The van der Waals surface area contributed by atoms with Gasteiger partial charge in [0.1, 0.15) is 11.6 Å². The number of hydrogen-bond acceptors (Lipinski definition) is 2. The maximum Gasteiger partial charge on any atom is 0.203 e. The minimum Gasteiger partial charge on any atom is -0.482 e. The summed E-state index contributed by atoms with van der Waals surface area (Å²) in [6.45, 7) is 1.61. The van der Waals surface area contributed by atoms with Crippen LogP contribution in [0.5, 0.6) is 5.75 Å². The standard InChI is InChI=1S/C15H11BrClFO2/c1-9(15(19)10-3-2-4-12(17)5-10)20-14-7-11(16)6-13(18)8-14/h2-9H,1H3. The highest BCUT2D eigenvalue weighted by atomic mass is 79.9. The zero-order chi connectivity index (χ0) is 14.7. The molecule has 2 aromatic carbocycles. The Labute approximate surface area is 129 Å². The lowest BCUT2D eigenvalue weighted by Crippen LogP contribution is -2.23. The molecule has 0 aliphatic heterocycles. The van der Waals surface area contributed by atoms with Gasteiger partial charge in [-0.15, -0.1) is 0 Å². The van der Waals surface area contributed by atoms with Crippen molar-refractivity contribution >= 4 is 33.3 Å². The lowest BCUT2D eigenvalue weighted by atomic mass is 10.1. The van der Waals surface area contributed by atoms with Gasteiger partial charge in [0.05, 0.1) is 0 Å². The van der Waals surface area contributed by atoms with E-state index in [0.29, 0.717) is 20.8 Å². The average molecular weight is 358 g/mol. The van der Waals surface area contributed by atoms with Gasteiger partial charge in [-0.05, 0) is 31.2 Å². The van der Waals surface area contributed by atoms with Crippen LogP contribution in [0.25, 0.3) is 0 Å². The molecule has 5 heteroatoms. The third kappa shape index (κ3) is 3.81. The Morgan fingerprint density at radius 2 is 2.05 bits per heavy atom. The van der Waals surface area contributed by atoms with Gasteiger partial charge in [-0.2, -0.15) is 0 Å². The van der Waals surface area contributed by atoms with Crippen LogP contribution in [0, 0.1) is 5.82 Å². The molecule has 1 unspecified atom stereocenters. The first-order valence-electron chi connectivity index (χ1n) is 5.88. The zero-order valence-corrected chi connectivity index (χ0v) is 12.9. The second-order valence-electron chi connectivity index (χ2n) is 4.24. The Morgan fingerprint density at radius 1 is 1.30 bits per heavy atom. The molecule has 104 valence electrons. The lowest BCUT2D eigenvalue weighted by Gasteiger charge is -2.14. The van der Waals surface area contributed by atoms with E-state index in [9.17, 15) is 9.18 Å². The Hall–Kier alpha value is -1.39. The molecule has 2 aromatic rings. The van der Waals surface area contributed by atoms with Gasteiger partial charge in [0.15, 0.2) is 6.10 Å². The summed E-state index contributed by atoms with van der Waals surface area (Å²) in [5.41, 5.74) is 0.459. The molecule has 0 saturated heterocycles. The number of ether oxygens (including phenoxy) is 1.